The number of imidazole rings is 1. The maximum Gasteiger partial charge on any atom is 0.211 e. The molecule has 0 aliphatic rings. The Bertz CT molecular complexity index is 871. The predicted octanol–water partition coefficient (Wildman–Crippen LogP) is 2.12. The van der Waals surface area contributed by atoms with Crippen molar-refractivity contribution in [2.45, 2.75) is 6.92 Å². The maximum absolute atomic E-state index is 13.1. The Balaban J connectivity index is 2.16. The number of aryl methyl sites for hydroxylation is 1. The SMILES string of the molecule is Cc1cn2c(/C=N/N=C(N)N)c(-c3ccc(F)cc3)nc2s1. The molecule has 0 aliphatic carbocycles. The van der Waals surface area contributed by atoms with Crippen LogP contribution in [0.5, 0.6) is 0 Å². The number of rotatable bonds is 3. The highest BCUT2D eigenvalue weighted by Crippen LogP contribution is 2.27. The number of thiazole rings is 1. The highest BCUT2D eigenvalue weighted by molar-refractivity contribution is 7.17. The minimum absolute atomic E-state index is 0.123. The summed E-state index contributed by atoms with van der Waals surface area (Å²) in [5.41, 5.74) is 12.8. The van der Waals surface area contributed by atoms with Crippen LogP contribution in [0.15, 0.2) is 40.7 Å². The number of benzene rings is 1. The molecule has 8 heteroatoms. The molecule has 2 heterocycles. The zero-order chi connectivity index (χ0) is 15.7. The molecule has 0 amide bonds. The van der Waals surface area contributed by atoms with Gasteiger partial charge in [-0.25, -0.2) is 9.37 Å². The molecule has 4 N–H and O–H groups in total. The molecule has 1 aromatic carbocycles. The van der Waals surface area contributed by atoms with E-state index in [-0.39, 0.29) is 11.8 Å². The van der Waals surface area contributed by atoms with Gasteiger partial charge in [-0.05, 0) is 31.2 Å². The Kier molecular flexibility index (Phi) is 3.60. The molecule has 112 valence electrons. The normalized spacial score (nSPS) is 11.4. The molecule has 3 aromatic rings. The highest BCUT2D eigenvalue weighted by Gasteiger charge is 2.14. The first-order chi connectivity index (χ1) is 10.5. The van der Waals surface area contributed by atoms with Gasteiger partial charge in [-0.1, -0.05) is 0 Å². The Hall–Kier alpha value is -2.74. The molecule has 0 saturated carbocycles. The van der Waals surface area contributed by atoms with E-state index in [4.69, 9.17) is 11.5 Å². The average molecular weight is 316 g/mol. The number of guanidine groups is 1. The van der Waals surface area contributed by atoms with Gasteiger partial charge in [-0.2, -0.15) is 5.10 Å². The van der Waals surface area contributed by atoms with E-state index in [2.05, 4.69) is 15.2 Å². The van der Waals surface area contributed by atoms with Crippen molar-refractivity contribution >= 4 is 28.5 Å². The van der Waals surface area contributed by atoms with E-state index in [1.807, 2.05) is 17.5 Å². The molecule has 0 saturated heterocycles. The largest absolute Gasteiger partial charge is 0.369 e. The van der Waals surface area contributed by atoms with Gasteiger partial charge in [0.15, 0.2) is 4.96 Å². The lowest BCUT2D eigenvalue weighted by Gasteiger charge is -1.99. The van der Waals surface area contributed by atoms with Crippen LogP contribution in [0.4, 0.5) is 4.39 Å². The van der Waals surface area contributed by atoms with Gasteiger partial charge in [-0.3, -0.25) is 4.40 Å². The fourth-order valence-electron chi connectivity index (χ4n) is 2.07. The van der Waals surface area contributed by atoms with Crippen molar-refractivity contribution < 1.29 is 4.39 Å². The van der Waals surface area contributed by atoms with Crippen molar-refractivity contribution in [2.75, 3.05) is 0 Å². The van der Waals surface area contributed by atoms with Gasteiger partial charge < -0.3 is 11.5 Å². The predicted molar refractivity (Wildman–Crippen MR) is 86.6 cm³/mol. The number of nitrogens with two attached hydrogens (primary N) is 2. The Labute approximate surface area is 129 Å². The molecule has 3 rings (SSSR count). The van der Waals surface area contributed by atoms with E-state index in [1.165, 1.54) is 18.3 Å². The molecule has 0 aliphatic heterocycles. The van der Waals surface area contributed by atoms with E-state index in [0.29, 0.717) is 5.69 Å². The van der Waals surface area contributed by atoms with Crippen LogP contribution in [0.25, 0.3) is 16.2 Å². The Morgan fingerprint density at radius 3 is 2.73 bits per heavy atom. The third kappa shape index (κ3) is 2.68. The summed E-state index contributed by atoms with van der Waals surface area (Å²) < 4.78 is 15.0. The van der Waals surface area contributed by atoms with E-state index in [1.54, 1.807) is 23.5 Å². The lowest BCUT2D eigenvalue weighted by atomic mass is 10.1. The minimum Gasteiger partial charge on any atom is -0.369 e. The summed E-state index contributed by atoms with van der Waals surface area (Å²) in [5.74, 6) is -0.418. The Morgan fingerprint density at radius 2 is 2.05 bits per heavy atom. The van der Waals surface area contributed by atoms with Gasteiger partial charge in [0.25, 0.3) is 0 Å². The van der Waals surface area contributed by atoms with Crippen molar-refractivity contribution in [3.05, 3.63) is 46.9 Å². The van der Waals surface area contributed by atoms with E-state index in [9.17, 15) is 4.39 Å². The number of nitrogens with zero attached hydrogens (tertiary/aromatic N) is 4. The summed E-state index contributed by atoms with van der Waals surface area (Å²) in [6, 6.07) is 6.13. The number of fused-ring (bicyclic) bond motifs is 1. The lowest BCUT2D eigenvalue weighted by Crippen LogP contribution is -2.21. The number of hydrogen-bond donors (Lipinski definition) is 2. The van der Waals surface area contributed by atoms with Crippen molar-refractivity contribution in [3.63, 3.8) is 0 Å². The van der Waals surface area contributed by atoms with Crippen LogP contribution in [0.3, 0.4) is 0 Å². The van der Waals surface area contributed by atoms with Gasteiger partial charge in [0.1, 0.15) is 5.82 Å². The van der Waals surface area contributed by atoms with E-state index < -0.39 is 0 Å². The highest BCUT2D eigenvalue weighted by atomic mass is 32.1. The van der Waals surface area contributed by atoms with Crippen LogP contribution in [-0.2, 0) is 0 Å². The molecule has 22 heavy (non-hydrogen) atoms. The van der Waals surface area contributed by atoms with Crippen LogP contribution in [-0.4, -0.2) is 21.6 Å². The first-order valence-electron chi connectivity index (χ1n) is 6.41. The van der Waals surface area contributed by atoms with Crippen LogP contribution >= 0.6 is 11.3 Å². The number of aromatic nitrogens is 2. The standard InChI is InChI=1S/C14H13FN6S/c1-8-7-21-11(6-18-20-13(16)17)12(19-14(21)22-8)9-2-4-10(15)5-3-9/h2-7H,1H3,(H4,16,17,20)/b18-6+. The zero-order valence-corrected chi connectivity index (χ0v) is 12.5. The molecule has 0 fully saturated rings. The summed E-state index contributed by atoms with van der Waals surface area (Å²) in [7, 11) is 0. The maximum atomic E-state index is 13.1. The fourth-order valence-corrected chi connectivity index (χ4v) is 2.90. The topological polar surface area (TPSA) is 94.1 Å². The summed E-state index contributed by atoms with van der Waals surface area (Å²) in [4.78, 5) is 6.53. The van der Waals surface area contributed by atoms with Crippen molar-refractivity contribution in [2.24, 2.45) is 21.7 Å². The number of halogens is 1. The smallest absolute Gasteiger partial charge is 0.211 e. The first-order valence-corrected chi connectivity index (χ1v) is 7.22. The molecule has 0 unspecified atom stereocenters. The monoisotopic (exact) mass is 316 g/mol. The molecule has 0 bridgehead atoms. The molecule has 0 radical (unpaired) electrons. The lowest BCUT2D eigenvalue weighted by molar-refractivity contribution is 0.628. The van der Waals surface area contributed by atoms with Crippen LogP contribution in [0, 0.1) is 12.7 Å². The quantitative estimate of drug-likeness (QED) is 0.440. The van der Waals surface area contributed by atoms with Crippen LogP contribution in [0.1, 0.15) is 10.6 Å². The van der Waals surface area contributed by atoms with Gasteiger partial charge in [0.05, 0.1) is 17.6 Å². The molecule has 0 atom stereocenters. The summed E-state index contributed by atoms with van der Waals surface area (Å²) in [5, 5.41) is 7.47. The molecular weight excluding hydrogens is 303 g/mol. The average Bonchev–Trinajstić information content (AvgIpc) is 2.97. The van der Waals surface area contributed by atoms with Crippen molar-refractivity contribution in [3.8, 4) is 11.3 Å². The van der Waals surface area contributed by atoms with Crippen LogP contribution in [0.2, 0.25) is 0 Å². The third-order valence-corrected chi connectivity index (χ3v) is 3.85. The van der Waals surface area contributed by atoms with E-state index in [0.717, 1.165) is 21.1 Å². The van der Waals surface area contributed by atoms with Gasteiger partial charge >= 0.3 is 0 Å². The van der Waals surface area contributed by atoms with Gasteiger partial charge in [0.2, 0.25) is 5.96 Å². The molecule has 2 aromatic heterocycles. The zero-order valence-electron chi connectivity index (χ0n) is 11.7. The van der Waals surface area contributed by atoms with E-state index >= 15 is 0 Å². The van der Waals surface area contributed by atoms with Gasteiger partial charge in [0, 0.05) is 16.6 Å². The summed E-state index contributed by atoms with van der Waals surface area (Å²) in [6.45, 7) is 1.99. The summed E-state index contributed by atoms with van der Waals surface area (Å²) in [6.07, 6.45) is 3.49. The second-order valence-electron chi connectivity index (χ2n) is 4.62. The molecule has 6 nitrogen and oxygen atoms in total. The molecular formula is C14H13FN6S. The summed E-state index contributed by atoms with van der Waals surface area (Å²) >= 11 is 1.56. The third-order valence-electron chi connectivity index (χ3n) is 2.95. The van der Waals surface area contributed by atoms with Crippen molar-refractivity contribution in [1.29, 1.82) is 0 Å². The van der Waals surface area contributed by atoms with Crippen molar-refractivity contribution in [1.82, 2.24) is 9.38 Å². The number of hydrogen-bond acceptors (Lipinski definition) is 4. The minimum atomic E-state index is -0.295. The van der Waals surface area contributed by atoms with Gasteiger partial charge in [-0.15, -0.1) is 16.4 Å². The fraction of sp³-hybridized carbons (Fsp3) is 0.0714. The van der Waals surface area contributed by atoms with Crippen LogP contribution < -0.4 is 11.5 Å². The second kappa shape index (κ2) is 5.57. The Morgan fingerprint density at radius 1 is 1.32 bits per heavy atom. The second-order valence-corrected chi connectivity index (χ2v) is 5.83. The molecule has 0 spiro atoms. The first kappa shape index (κ1) is 14.2.